The van der Waals surface area contributed by atoms with Gasteiger partial charge in [-0.25, -0.2) is 4.98 Å². The van der Waals surface area contributed by atoms with E-state index in [-0.39, 0.29) is 11.0 Å². The summed E-state index contributed by atoms with van der Waals surface area (Å²) in [5.74, 6) is 0.374. The number of nitrogens with one attached hydrogen (secondary N) is 1. The molecule has 2 rings (SSSR count). The quantitative estimate of drug-likeness (QED) is 0.777. The van der Waals surface area contributed by atoms with Gasteiger partial charge in [0.05, 0.1) is 21.3 Å². The van der Waals surface area contributed by atoms with Crippen molar-refractivity contribution < 1.29 is 0 Å². The third kappa shape index (κ3) is 2.92. The summed E-state index contributed by atoms with van der Waals surface area (Å²) in [5, 5.41) is 0.894. The van der Waals surface area contributed by atoms with Crippen LogP contribution in [0.15, 0.2) is 27.5 Å². The summed E-state index contributed by atoms with van der Waals surface area (Å²) in [4.78, 5) is 19.3. The van der Waals surface area contributed by atoms with Crippen LogP contribution >= 0.6 is 39.1 Å². The molecule has 0 aliphatic carbocycles. The van der Waals surface area contributed by atoms with E-state index in [4.69, 9.17) is 23.2 Å². The second kappa shape index (κ2) is 5.51. The maximum absolute atomic E-state index is 12.1. The number of nitrogens with zero attached hydrogens (tertiary/aromatic N) is 1. The lowest BCUT2D eigenvalue weighted by Crippen LogP contribution is -2.22. The molecule has 0 spiro atoms. The molecule has 0 unspecified atom stereocenters. The van der Waals surface area contributed by atoms with Gasteiger partial charge in [-0.15, -0.1) is 0 Å². The first-order chi connectivity index (χ1) is 9.21. The van der Waals surface area contributed by atoms with Crippen molar-refractivity contribution in [2.45, 2.75) is 26.2 Å². The fraction of sp³-hybridized carbons (Fsp3) is 0.286. The van der Waals surface area contributed by atoms with Crippen molar-refractivity contribution in [3.05, 3.63) is 48.8 Å². The molecule has 1 aromatic carbocycles. The van der Waals surface area contributed by atoms with E-state index >= 15 is 0 Å². The maximum Gasteiger partial charge on any atom is 0.265 e. The third-order valence-electron chi connectivity index (χ3n) is 2.77. The van der Waals surface area contributed by atoms with Crippen LogP contribution in [-0.4, -0.2) is 9.97 Å². The molecule has 0 saturated heterocycles. The Bertz CT molecular complexity index is 700. The molecule has 2 aromatic rings. The second-order valence-electron chi connectivity index (χ2n) is 5.42. The highest BCUT2D eigenvalue weighted by Gasteiger charge is 2.23. The van der Waals surface area contributed by atoms with Crippen molar-refractivity contribution in [1.29, 1.82) is 0 Å². The van der Waals surface area contributed by atoms with Crippen LogP contribution < -0.4 is 5.56 Å². The average molecular weight is 376 g/mol. The lowest BCUT2D eigenvalue weighted by molar-refractivity contribution is 0.562. The maximum atomic E-state index is 12.1. The highest BCUT2D eigenvalue weighted by molar-refractivity contribution is 9.10. The van der Waals surface area contributed by atoms with Gasteiger partial charge in [-0.3, -0.25) is 4.79 Å². The van der Waals surface area contributed by atoms with E-state index in [0.717, 1.165) is 0 Å². The molecular formula is C14H13BrCl2N2O. The number of benzene rings is 1. The van der Waals surface area contributed by atoms with Crippen LogP contribution in [0.5, 0.6) is 0 Å². The van der Waals surface area contributed by atoms with Crippen LogP contribution in [0.3, 0.4) is 0 Å². The Morgan fingerprint density at radius 2 is 1.75 bits per heavy atom. The summed E-state index contributed by atoms with van der Waals surface area (Å²) in [6.45, 7) is 5.95. The molecule has 106 valence electrons. The molecule has 0 amide bonds. The number of aromatic amines is 1. The number of hydrogen-bond acceptors (Lipinski definition) is 2. The van der Waals surface area contributed by atoms with Crippen LogP contribution in [0.1, 0.15) is 26.5 Å². The van der Waals surface area contributed by atoms with E-state index in [1.807, 2.05) is 20.8 Å². The first-order valence-electron chi connectivity index (χ1n) is 5.96. The van der Waals surface area contributed by atoms with Crippen molar-refractivity contribution in [1.82, 2.24) is 9.97 Å². The van der Waals surface area contributed by atoms with Gasteiger partial charge in [0, 0.05) is 5.41 Å². The summed E-state index contributed by atoms with van der Waals surface area (Å²) in [6.07, 6.45) is 0. The van der Waals surface area contributed by atoms with Crippen molar-refractivity contribution in [3.8, 4) is 11.4 Å². The number of aromatic nitrogens is 2. The minimum Gasteiger partial charge on any atom is -0.305 e. The molecule has 0 atom stereocenters. The normalized spacial score (nSPS) is 11.7. The summed E-state index contributed by atoms with van der Waals surface area (Å²) in [7, 11) is 0. The van der Waals surface area contributed by atoms with E-state index in [9.17, 15) is 4.79 Å². The summed E-state index contributed by atoms with van der Waals surface area (Å²) in [6, 6.07) is 5.17. The molecule has 0 fully saturated rings. The molecule has 20 heavy (non-hydrogen) atoms. The zero-order chi connectivity index (χ0) is 15.1. The first-order valence-corrected chi connectivity index (χ1v) is 7.51. The number of halogens is 3. The molecule has 1 N–H and O–H groups in total. The summed E-state index contributed by atoms with van der Waals surface area (Å²) < 4.78 is 0.428. The van der Waals surface area contributed by atoms with Gasteiger partial charge >= 0.3 is 0 Å². The SMILES string of the molecule is CC(C)(C)c1nc(-c2c(Cl)cccc2Cl)[nH]c(=O)c1Br. The van der Waals surface area contributed by atoms with Crippen molar-refractivity contribution in [2.24, 2.45) is 0 Å². The fourth-order valence-corrected chi connectivity index (χ4v) is 3.16. The van der Waals surface area contributed by atoms with Crippen LogP contribution in [0, 0.1) is 0 Å². The van der Waals surface area contributed by atoms with Gasteiger partial charge in [0.25, 0.3) is 5.56 Å². The van der Waals surface area contributed by atoms with Gasteiger partial charge in [0.15, 0.2) is 0 Å². The fourth-order valence-electron chi connectivity index (χ4n) is 1.80. The second-order valence-corrected chi connectivity index (χ2v) is 7.03. The average Bonchev–Trinajstić information content (AvgIpc) is 2.31. The van der Waals surface area contributed by atoms with Crippen molar-refractivity contribution in [2.75, 3.05) is 0 Å². The Kier molecular flexibility index (Phi) is 4.28. The smallest absolute Gasteiger partial charge is 0.265 e. The highest BCUT2D eigenvalue weighted by atomic mass is 79.9. The predicted octanol–water partition coefficient (Wildman–Crippen LogP) is 4.80. The van der Waals surface area contributed by atoms with Gasteiger partial charge in [-0.2, -0.15) is 0 Å². The van der Waals surface area contributed by atoms with Gasteiger partial charge in [0.2, 0.25) is 0 Å². The zero-order valence-corrected chi connectivity index (χ0v) is 14.3. The Morgan fingerprint density at radius 1 is 1.20 bits per heavy atom. The van der Waals surface area contributed by atoms with Gasteiger partial charge in [-0.1, -0.05) is 50.0 Å². The van der Waals surface area contributed by atoms with E-state index in [1.54, 1.807) is 18.2 Å². The molecule has 0 aliphatic rings. The van der Waals surface area contributed by atoms with E-state index in [1.165, 1.54) is 0 Å². The molecule has 0 saturated carbocycles. The molecule has 0 bridgehead atoms. The van der Waals surface area contributed by atoms with Gasteiger partial charge in [-0.05, 0) is 28.1 Å². The molecule has 0 aliphatic heterocycles. The molecule has 1 heterocycles. The third-order valence-corrected chi connectivity index (χ3v) is 4.14. The molecule has 1 aromatic heterocycles. The van der Waals surface area contributed by atoms with Gasteiger partial charge < -0.3 is 4.98 Å². The van der Waals surface area contributed by atoms with Crippen LogP contribution in [0.25, 0.3) is 11.4 Å². The van der Waals surface area contributed by atoms with Crippen LogP contribution in [0.4, 0.5) is 0 Å². The van der Waals surface area contributed by atoms with Crippen molar-refractivity contribution in [3.63, 3.8) is 0 Å². The highest BCUT2D eigenvalue weighted by Crippen LogP contribution is 2.34. The van der Waals surface area contributed by atoms with E-state index < -0.39 is 0 Å². The minimum absolute atomic E-state index is 0.254. The molecular weight excluding hydrogens is 363 g/mol. The van der Waals surface area contributed by atoms with Gasteiger partial charge in [0.1, 0.15) is 10.3 Å². The van der Waals surface area contributed by atoms with Crippen molar-refractivity contribution >= 4 is 39.1 Å². The van der Waals surface area contributed by atoms with E-state index in [2.05, 4.69) is 25.9 Å². The summed E-state index contributed by atoms with van der Waals surface area (Å²) >= 11 is 15.6. The number of hydrogen-bond donors (Lipinski definition) is 1. The van der Waals surface area contributed by atoms with Crippen LogP contribution in [0.2, 0.25) is 10.0 Å². The topological polar surface area (TPSA) is 45.8 Å². The standard InChI is InChI=1S/C14H13BrCl2N2O/c1-14(2,3)11-10(15)13(20)19-12(18-11)9-7(16)5-4-6-8(9)17/h4-6H,1-3H3,(H,18,19,20). The zero-order valence-electron chi connectivity index (χ0n) is 11.2. The Morgan fingerprint density at radius 3 is 2.25 bits per heavy atom. The molecule has 6 heteroatoms. The lowest BCUT2D eigenvalue weighted by Gasteiger charge is -2.20. The lowest BCUT2D eigenvalue weighted by atomic mass is 9.92. The van der Waals surface area contributed by atoms with Crippen LogP contribution in [-0.2, 0) is 5.41 Å². The predicted molar refractivity (Wildman–Crippen MR) is 86.7 cm³/mol. The largest absolute Gasteiger partial charge is 0.305 e. The minimum atomic E-state index is -0.282. The van der Waals surface area contributed by atoms with E-state index in [0.29, 0.717) is 31.6 Å². The Balaban J connectivity index is 2.78. The first kappa shape index (κ1) is 15.5. The molecule has 3 nitrogen and oxygen atoms in total. The Hall–Kier alpha value is -0.840. The Labute approximate surface area is 135 Å². The summed E-state index contributed by atoms with van der Waals surface area (Å²) in [5.41, 5.74) is 0.657. The molecule has 0 radical (unpaired) electrons. The number of H-pyrrole nitrogens is 1. The monoisotopic (exact) mass is 374 g/mol. The number of rotatable bonds is 1.